The molecule has 2 aromatic carbocycles. The van der Waals surface area contributed by atoms with Gasteiger partial charge in [-0.25, -0.2) is 4.79 Å². The highest BCUT2D eigenvalue weighted by Crippen LogP contribution is 2.41. The van der Waals surface area contributed by atoms with Crippen molar-refractivity contribution in [2.45, 2.75) is 45.8 Å². The minimum atomic E-state index is -0.343. The smallest absolute Gasteiger partial charge is 0.338 e. The Balaban J connectivity index is 1.80. The lowest BCUT2D eigenvalue weighted by atomic mass is 9.89. The lowest BCUT2D eigenvalue weighted by molar-refractivity contribution is 0.0525. The van der Waals surface area contributed by atoms with Crippen molar-refractivity contribution in [1.82, 2.24) is 5.32 Å². The first-order valence-corrected chi connectivity index (χ1v) is 10.4. The molecule has 30 heavy (non-hydrogen) atoms. The van der Waals surface area contributed by atoms with Crippen LogP contribution in [0.1, 0.15) is 54.7 Å². The number of carbonyl (C=O) groups is 1. The Labute approximate surface area is 182 Å². The molecular formula is C23H28N2O4S. The second-order valence-corrected chi connectivity index (χ2v) is 8.23. The molecule has 0 fully saturated rings. The number of fused-ring (bicyclic) bond motifs is 1. The third kappa shape index (κ3) is 4.84. The van der Waals surface area contributed by atoms with E-state index in [1.807, 2.05) is 37.3 Å². The Morgan fingerprint density at radius 1 is 1.30 bits per heavy atom. The van der Waals surface area contributed by atoms with Crippen LogP contribution in [0.5, 0.6) is 11.5 Å². The molecule has 160 valence electrons. The Morgan fingerprint density at radius 2 is 2.07 bits per heavy atom. The molecular weight excluding hydrogens is 400 g/mol. The van der Waals surface area contributed by atoms with Gasteiger partial charge in [0.05, 0.1) is 25.3 Å². The number of hydrogen-bond donors (Lipinski definition) is 2. The van der Waals surface area contributed by atoms with Crippen molar-refractivity contribution in [3.8, 4) is 11.5 Å². The van der Waals surface area contributed by atoms with Gasteiger partial charge in [0.2, 0.25) is 0 Å². The molecule has 1 aliphatic rings. The molecule has 0 radical (unpaired) electrons. The number of nitrogens with one attached hydrogen (secondary N) is 2. The van der Waals surface area contributed by atoms with Crippen molar-refractivity contribution in [2.75, 3.05) is 19.0 Å². The topological polar surface area (TPSA) is 68.8 Å². The average Bonchev–Trinajstić information content (AvgIpc) is 2.68. The SMILES string of the molecule is CCOC(=O)c1cccc(NC(=S)N[C@H]2CC(C)(C)Oc3ccc(OC)cc32)c1C. The summed E-state index contributed by atoms with van der Waals surface area (Å²) in [6, 6.07) is 11.2. The highest BCUT2D eigenvalue weighted by Gasteiger charge is 2.34. The van der Waals surface area contributed by atoms with E-state index in [4.69, 9.17) is 26.4 Å². The number of esters is 1. The highest BCUT2D eigenvalue weighted by molar-refractivity contribution is 7.80. The molecule has 1 atom stereocenters. The Bertz CT molecular complexity index is 958. The zero-order valence-corrected chi connectivity index (χ0v) is 18.8. The molecule has 0 spiro atoms. The maximum absolute atomic E-state index is 12.2. The lowest BCUT2D eigenvalue weighted by Crippen LogP contribution is -2.42. The zero-order valence-electron chi connectivity index (χ0n) is 18.0. The lowest BCUT2D eigenvalue weighted by Gasteiger charge is -2.38. The zero-order chi connectivity index (χ0) is 21.9. The van der Waals surface area contributed by atoms with Crippen LogP contribution in [0.2, 0.25) is 0 Å². The fourth-order valence-electron chi connectivity index (χ4n) is 3.61. The Kier molecular flexibility index (Phi) is 6.51. The van der Waals surface area contributed by atoms with Gasteiger partial charge in [0.15, 0.2) is 5.11 Å². The predicted octanol–water partition coefficient (Wildman–Crippen LogP) is 4.77. The molecule has 0 aliphatic carbocycles. The van der Waals surface area contributed by atoms with Crippen molar-refractivity contribution >= 4 is 29.0 Å². The molecule has 7 heteroatoms. The summed E-state index contributed by atoms with van der Waals surface area (Å²) in [7, 11) is 1.64. The monoisotopic (exact) mass is 428 g/mol. The van der Waals surface area contributed by atoms with Gasteiger partial charge in [-0.1, -0.05) is 6.07 Å². The van der Waals surface area contributed by atoms with E-state index in [1.54, 1.807) is 20.1 Å². The molecule has 1 heterocycles. The number of carbonyl (C=O) groups excluding carboxylic acids is 1. The van der Waals surface area contributed by atoms with Crippen LogP contribution in [0.25, 0.3) is 0 Å². The fourth-order valence-corrected chi connectivity index (χ4v) is 3.86. The number of thiocarbonyl (C=S) groups is 1. The van der Waals surface area contributed by atoms with Gasteiger partial charge in [0.25, 0.3) is 0 Å². The molecule has 6 nitrogen and oxygen atoms in total. The van der Waals surface area contributed by atoms with E-state index in [9.17, 15) is 4.79 Å². The molecule has 0 saturated heterocycles. The summed E-state index contributed by atoms with van der Waals surface area (Å²) < 4.78 is 16.6. The summed E-state index contributed by atoms with van der Waals surface area (Å²) in [4.78, 5) is 12.2. The third-order valence-corrected chi connectivity index (χ3v) is 5.28. The molecule has 0 aromatic heterocycles. The first-order chi connectivity index (χ1) is 14.2. The largest absolute Gasteiger partial charge is 0.497 e. The number of rotatable bonds is 5. The summed E-state index contributed by atoms with van der Waals surface area (Å²) in [5, 5.41) is 7.09. The van der Waals surface area contributed by atoms with Crippen LogP contribution in [0.4, 0.5) is 5.69 Å². The summed E-state index contributed by atoms with van der Waals surface area (Å²) in [6.45, 7) is 8.10. The number of anilines is 1. The molecule has 1 aliphatic heterocycles. The summed E-state index contributed by atoms with van der Waals surface area (Å²) in [5.41, 5.74) is 2.72. The van der Waals surface area contributed by atoms with Gasteiger partial charge in [0.1, 0.15) is 17.1 Å². The van der Waals surface area contributed by atoms with Crippen LogP contribution in [-0.2, 0) is 4.74 Å². The molecule has 0 bridgehead atoms. The quantitative estimate of drug-likeness (QED) is 0.525. The van der Waals surface area contributed by atoms with Crippen LogP contribution in [-0.4, -0.2) is 30.4 Å². The first kappa shape index (κ1) is 21.9. The van der Waals surface area contributed by atoms with Gasteiger partial charge in [-0.2, -0.15) is 0 Å². The van der Waals surface area contributed by atoms with Crippen LogP contribution in [0.15, 0.2) is 36.4 Å². The molecule has 0 unspecified atom stereocenters. The summed E-state index contributed by atoms with van der Waals surface area (Å²) in [6.07, 6.45) is 0.733. The van der Waals surface area contributed by atoms with Crippen molar-refractivity contribution in [3.63, 3.8) is 0 Å². The Morgan fingerprint density at radius 3 is 2.77 bits per heavy atom. The second kappa shape index (κ2) is 8.92. The number of methoxy groups -OCH3 is 1. The van der Waals surface area contributed by atoms with Crippen LogP contribution in [0.3, 0.4) is 0 Å². The third-order valence-electron chi connectivity index (χ3n) is 5.06. The summed E-state index contributed by atoms with van der Waals surface area (Å²) >= 11 is 5.59. The van der Waals surface area contributed by atoms with Gasteiger partial charge >= 0.3 is 5.97 Å². The van der Waals surface area contributed by atoms with Gasteiger partial charge in [-0.15, -0.1) is 0 Å². The van der Waals surface area contributed by atoms with Crippen molar-refractivity contribution in [3.05, 3.63) is 53.1 Å². The van der Waals surface area contributed by atoms with E-state index < -0.39 is 0 Å². The van der Waals surface area contributed by atoms with Crippen LogP contribution < -0.4 is 20.1 Å². The van der Waals surface area contributed by atoms with E-state index in [-0.39, 0.29) is 17.6 Å². The standard InChI is InChI=1S/C23H28N2O4S/c1-6-28-21(26)16-8-7-9-18(14(16)2)24-22(30)25-19-13-23(3,4)29-20-11-10-15(27-5)12-17(19)20/h7-12,19H,6,13H2,1-5H3,(H2,24,25,30)/t19-/m0/s1. The molecule has 2 N–H and O–H groups in total. The summed E-state index contributed by atoms with van der Waals surface area (Å²) in [5.74, 6) is 1.23. The van der Waals surface area contributed by atoms with Crippen LogP contribution in [0, 0.1) is 6.92 Å². The maximum atomic E-state index is 12.2. The highest BCUT2D eigenvalue weighted by atomic mass is 32.1. The van der Waals surface area contributed by atoms with Crippen molar-refractivity contribution in [1.29, 1.82) is 0 Å². The van der Waals surface area contributed by atoms with Gasteiger partial charge in [-0.05, 0) is 75.8 Å². The first-order valence-electron chi connectivity index (χ1n) is 9.95. The normalized spacial score (nSPS) is 16.6. The minimum Gasteiger partial charge on any atom is -0.497 e. The molecule has 2 aromatic rings. The number of ether oxygens (including phenoxy) is 3. The van der Waals surface area contributed by atoms with E-state index in [1.165, 1.54) is 0 Å². The average molecular weight is 429 g/mol. The van der Waals surface area contributed by atoms with E-state index in [2.05, 4.69) is 24.5 Å². The Hall–Kier alpha value is -2.80. The minimum absolute atomic E-state index is 0.0487. The predicted molar refractivity (Wildman–Crippen MR) is 122 cm³/mol. The number of benzene rings is 2. The van der Waals surface area contributed by atoms with E-state index >= 15 is 0 Å². The molecule has 3 rings (SSSR count). The van der Waals surface area contributed by atoms with Crippen LogP contribution >= 0.6 is 12.2 Å². The van der Waals surface area contributed by atoms with E-state index in [0.29, 0.717) is 17.3 Å². The molecule has 0 saturated carbocycles. The van der Waals surface area contributed by atoms with Gasteiger partial charge in [-0.3, -0.25) is 0 Å². The fraction of sp³-hybridized carbons (Fsp3) is 0.391. The second-order valence-electron chi connectivity index (χ2n) is 7.82. The van der Waals surface area contributed by atoms with E-state index in [0.717, 1.165) is 34.7 Å². The maximum Gasteiger partial charge on any atom is 0.338 e. The number of hydrogen-bond acceptors (Lipinski definition) is 5. The van der Waals surface area contributed by atoms with Gasteiger partial charge < -0.3 is 24.8 Å². The molecule has 0 amide bonds. The van der Waals surface area contributed by atoms with Crippen molar-refractivity contribution < 1.29 is 19.0 Å². The van der Waals surface area contributed by atoms with Crippen molar-refractivity contribution in [2.24, 2.45) is 0 Å². The van der Waals surface area contributed by atoms with Gasteiger partial charge in [0, 0.05) is 17.7 Å².